The zero-order valence-corrected chi connectivity index (χ0v) is 15.4. The molecule has 2 unspecified atom stereocenters. The summed E-state index contributed by atoms with van der Waals surface area (Å²) in [6.07, 6.45) is 7.98. The van der Waals surface area contributed by atoms with Gasteiger partial charge in [0.1, 0.15) is 0 Å². The van der Waals surface area contributed by atoms with Crippen LogP contribution in [0, 0.1) is 11.8 Å². The first-order valence-electron chi connectivity index (χ1n) is 8.91. The van der Waals surface area contributed by atoms with Crippen molar-refractivity contribution in [2.45, 2.75) is 37.5 Å². The Morgan fingerprint density at radius 3 is 2.64 bits per heavy atom. The molecule has 0 N–H and O–H groups in total. The van der Waals surface area contributed by atoms with Crippen molar-refractivity contribution in [3.8, 4) is 0 Å². The van der Waals surface area contributed by atoms with Crippen molar-refractivity contribution >= 4 is 16.0 Å². The van der Waals surface area contributed by atoms with Gasteiger partial charge < -0.3 is 4.74 Å². The zero-order valence-electron chi connectivity index (χ0n) is 14.6. The van der Waals surface area contributed by atoms with Gasteiger partial charge in [-0.3, -0.25) is 0 Å². The van der Waals surface area contributed by atoms with Crippen molar-refractivity contribution in [2.75, 3.05) is 19.7 Å². The smallest absolute Gasteiger partial charge is 0.338 e. The molecule has 1 aliphatic heterocycles. The Bertz CT molecular complexity index is 750. The van der Waals surface area contributed by atoms with Crippen LogP contribution in [0.25, 0.3) is 0 Å². The topological polar surface area (TPSA) is 63.7 Å². The Balaban J connectivity index is 1.68. The van der Waals surface area contributed by atoms with Gasteiger partial charge in [0, 0.05) is 13.1 Å². The number of esters is 1. The molecule has 25 heavy (non-hydrogen) atoms. The summed E-state index contributed by atoms with van der Waals surface area (Å²) in [6, 6.07) is 6.18. The molecule has 6 heteroatoms. The van der Waals surface area contributed by atoms with E-state index >= 15 is 0 Å². The van der Waals surface area contributed by atoms with Crippen LogP contribution in [0.4, 0.5) is 0 Å². The standard InChI is InChI=1S/C19H25NO4S/c1-15-7-2-3-8-17(15)14-24-19(21)16-9-6-10-18(13-16)25(22,23)20-11-4-5-12-20/h2-3,6,9-10,13,15,17H,4-5,7-8,11-12,14H2,1H3. The number of benzene rings is 1. The van der Waals surface area contributed by atoms with Crippen molar-refractivity contribution in [3.05, 3.63) is 42.0 Å². The Hall–Kier alpha value is -1.66. The van der Waals surface area contributed by atoms with E-state index in [9.17, 15) is 13.2 Å². The molecule has 3 rings (SSSR count). The number of ether oxygens (including phenoxy) is 1. The second kappa shape index (κ2) is 7.70. The fourth-order valence-electron chi connectivity index (χ4n) is 3.37. The molecule has 1 fully saturated rings. The van der Waals surface area contributed by atoms with E-state index in [1.54, 1.807) is 18.2 Å². The number of carbonyl (C=O) groups excluding carboxylic acids is 1. The van der Waals surface area contributed by atoms with E-state index in [2.05, 4.69) is 19.1 Å². The first kappa shape index (κ1) is 18.1. The molecule has 1 aromatic carbocycles. The first-order chi connectivity index (χ1) is 12.0. The summed E-state index contributed by atoms with van der Waals surface area (Å²) in [5.41, 5.74) is 0.291. The molecule has 2 aliphatic rings. The molecule has 0 saturated carbocycles. The van der Waals surface area contributed by atoms with Crippen LogP contribution in [0.15, 0.2) is 41.3 Å². The van der Waals surface area contributed by atoms with Gasteiger partial charge in [0.15, 0.2) is 0 Å². The van der Waals surface area contributed by atoms with E-state index in [4.69, 9.17) is 4.74 Å². The van der Waals surface area contributed by atoms with Gasteiger partial charge in [-0.25, -0.2) is 13.2 Å². The van der Waals surface area contributed by atoms with E-state index in [0.29, 0.717) is 37.1 Å². The Morgan fingerprint density at radius 2 is 1.92 bits per heavy atom. The lowest BCUT2D eigenvalue weighted by atomic mass is 9.85. The van der Waals surface area contributed by atoms with Crippen LogP contribution in [-0.2, 0) is 14.8 Å². The van der Waals surface area contributed by atoms with Gasteiger partial charge in [-0.2, -0.15) is 4.31 Å². The highest BCUT2D eigenvalue weighted by Crippen LogP contribution is 2.26. The number of carbonyl (C=O) groups is 1. The molecule has 136 valence electrons. The normalized spacial score (nSPS) is 24.4. The van der Waals surface area contributed by atoms with E-state index in [-0.39, 0.29) is 4.90 Å². The third kappa shape index (κ3) is 4.12. The van der Waals surface area contributed by atoms with Gasteiger partial charge in [-0.05, 0) is 55.7 Å². The number of hydrogen-bond donors (Lipinski definition) is 0. The molecule has 0 radical (unpaired) electrons. The van der Waals surface area contributed by atoms with Crippen molar-refractivity contribution in [2.24, 2.45) is 11.8 Å². The minimum atomic E-state index is -3.52. The van der Waals surface area contributed by atoms with Crippen LogP contribution in [0.1, 0.15) is 43.0 Å². The quantitative estimate of drug-likeness (QED) is 0.595. The molecule has 0 bridgehead atoms. The molecule has 2 atom stereocenters. The summed E-state index contributed by atoms with van der Waals surface area (Å²) in [7, 11) is -3.52. The van der Waals surface area contributed by atoms with E-state index in [1.807, 2.05) is 0 Å². The van der Waals surface area contributed by atoms with E-state index in [0.717, 1.165) is 25.7 Å². The van der Waals surface area contributed by atoms with Gasteiger partial charge >= 0.3 is 5.97 Å². The van der Waals surface area contributed by atoms with Crippen molar-refractivity contribution < 1.29 is 17.9 Å². The third-order valence-electron chi connectivity index (χ3n) is 5.12. The highest BCUT2D eigenvalue weighted by molar-refractivity contribution is 7.89. The Morgan fingerprint density at radius 1 is 1.20 bits per heavy atom. The average Bonchev–Trinajstić information content (AvgIpc) is 3.16. The van der Waals surface area contributed by atoms with Crippen molar-refractivity contribution in [1.82, 2.24) is 4.31 Å². The predicted octanol–water partition coefficient (Wildman–Crippen LogP) is 3.23. The van der Waals surface area contributed by atoms with Gasteiger partial charge in [0.05, 0.1) is 17.1 Å². The van der Waals surface area contributed by atoms with Crippen LogP contribution < -0.4 is 0 Å². The zero-order chi connectivity index (χ0) is 17.9. The van der Waals surface area contributed by atoms with Crippen LogP contribution in [0.5, 0.6) is 0 Å². The highest BCUT2D eigenvalue weighted by Gasteiger charge is 2.28. The number of nitrogens with zero attached hydrogens (tertiary/aromatic N) is 1. The van der Waals surface area contributed by atoms with E-state index in [1.165, 1.54) is 10.4 Å². The average molecular weight is 363 g/mol. The first-order valence-corrected chi connectivity index (χ1v) is 10.3. The fourth-order valence-corrected chi connectivity index (χ4v) is 4.93. The minimum absolute atomic E-state index is 0.165. The SMILES string of the molecule is CC1CC=CCC1COC(=O)c1cccc(S(=O)(=O)N2CCCC2)c1. The molecule has 0 aromatic heterocycles. The third-order valence-corrected chi connectivity index (χ3v) is 7.01. The van der Waals surface area contributed by atoms with Gasteiger partial charge in [0.25, 0.3) is 0 Å². The summed E-state index contributed by atoms with van der Waals surface area (Å²) in [5.74, 6) is 0.352. The van der Waals surface area contributed by atoms with Crippen LogP contribution in [0.2, 0.25) is 0 Å². The Labute approximate surface area is 149 Å². The lowest BCUT2D eigenvalue weighted by molar-refractivity contribution is 0.0395. The van der Waals surface area contributed by atoms with Gasteiger partial charge in [-0.15, -0.1) is 0 Å². The monoisotopic (exact) mass is 363 g/mol. The summed E-state index contributed by atoms with van der Waals surface area (Å²) < 4.78 is 32.2. The molecule has 0 amide bonds. The van der Waals surface area contributed by atoms with Gasteiger partial charge in [-0.1, -0.05) is 25.1 Å². The molecule has 1 aliphatic carbocycles. The molecule has 1 saturated heterocycles. The molecule has 0 spiro atoms. The number of rotatable bonds is 5. The lowest BCUT2D eigenvalue weighted by Crippen LogP contribution is -2.28. The molecule has 1 heterocycles. The van der Waals surface area contributed by atoms with Crippen molar-refractivity contribution in [1.29, 1.82) is 0 Å². The molecule has 1 aromatic rings. The van der Waals surface area contributed by atoms with Crippen LogP contribution in [0.3, 0.4) is 0 Å². The fraction of sp³-hybridized carbons (Fsp3) is 0.526. The molecular formula is C19H25NO4S. The lowest BCUT2D eigenvalue weighted by Gasteiger charge is -2.24. The summed E-state index contributed by atoms with van der Waals surface area (Å²) in [4.78, 5) is 12.5. The second-order valence-corrected chi connectivity index (χ2v) is 8.86. The van der Waals surface area contributed by atoms with Crippen molar-refractivity contribution in [3.63, 3.8) is 0 Å². The largest absolute Gasteiger partial charge is 0.462 e. The minimum Gasteiger partial charge on any atom is -0.462 e. The Kier molecular flexibility index (Phi) is 5.59. The van der Waals surface area contributed by atoms with Crippen LogP contribution >= 0.6 is 0 Å². The van der Waals surface area contributed by atoms with E-state index < -0.39 is 16.0 Å². The maximum Gasteiger partial charge on any atom is 0.338 e. The molecular weight excluding hydrogens is 338 g/mol. The number of hydrogen-bond acceptors (Lipinski definition) is 4. The molecule has 5 nitrogen and oxygen atoms in total. The second-order valence-electron chi connectivity index (χ2n) is 6.92. The number of allylic oxidation sites excluding steroid dienone is 2. The maximum atomic E-state index is 12.6. The predicted molar refractivity (Wildman–Crippen MR) is 95.7 cm³/mol. The maximum absolute atomic E-state index is 12.6. The summed E-state index contributed by atoms with van der Waals surface area (Å²) >= 11 is 0. The summed E-state index contributed by atoms with van der Waals surface area (Å²) in [6.45, 7) is 3.62. The van der Waals surface area contributed by atoms with Gasteiger partial charge in [0.2, 0.25) is 10.0 Å². The highest BCUT2D eigenvalue weighted by atomic mass is 32.2. The van der Waals surface area contributed by atoms with Crippen LogP contribution in [-0.4, -0.2) is 38.4 Å². The summed E-state index contributed by atoms with van der Waals surface area (Å²) in [5, 5.41) is 0. The number of sulfonamides is 1.